The predicted molar refractivity (Wildman–Crippen MR) is 175 cm³/mol. The molecule has 2 aromatic carbocycles. The summed E-state index contributed by atoms with van der Waals surface area (Å²) in [6, 6.07) is 16.1. The minimum atomic E-state index is -3.71. The number of halogens is 2. The van der Waals surface area contributed by atoms with E-state index in [0.717, 1.165) is 49.8 Å². The molecule has 1 amide bonds. The lowest BCUT2D eigenvalue weighted by atomic mass is 9.90. The summed E-state index contributed by atoms with van der Waals surface area (Å²) in [5.74, 6) is -4.61. The van der Waals surface area contributed by atoms with E-state index < -0.39 is 17.3 Å². The molecule has 2 atom stereocenters. The molecule has 0 spiro atoms. The molecule has 4 rings (SSSR count). The number of nitrogens with zero attached hydrogens (tertiary/aromatic N) is 2. The van der Waals surface area contributed by atoms with Crippen LogP contribution in [0.1, 0.15) is 68.1 Å². The van der Waals surface area contributed by atoms with Crippen molar-refractivity contribution < 1.29 is 37.3 Å². The fraction of sp³-hybridized carbons (Fsp3) is 0.486. The number of hydrogen-bond donors (Lipinski definition) is 0. The molecule has 10 heteroatoms. The van der Waals surface area contributed by atoms with Crippen molar-refractivity contribution in [2.45, 2.75) is 70.3 Å². The van der Waals surface area contributed by atoms with Gasteiger partial charge in [-0.3, -0.25) is 9.78 Å². The molecule has 0 N–H and O–H groups in total. The van der Waals surface area contributed by atoms with Crippen molar-refractivity contribution in [3.8, 4) is 17.2 Å². The van der Waals surface area contributed by atoms with E-state index >= 15 is 8.78 Å². The maximum Gasteiger partial charge on any atom is 0.410 e. The first-order chi connectivity index (χ1) is 22.7. The molecule has 1 saturated carbocycles. The lowest BCUT2D eigenvalue weighted by Gasteiger charge is -2.24. The molecule has 3 aromatic rings. The molecule has 0 saturated heterocycles. The molecule has 0 bridgehead atoms. The van der Waals surface area contributed by atoms with Crippen molar-refractivity contribution in [1.29, 1.82) is 0 Å². The van der Waals surface area contributed by atoms with Crippen molar-refractivity contribution in [2.75, 3.05) is 34.5 Å². The second-order valence-electron chi connectivity index (χ2n) is 12.2. The number of carbonyl (C=O) groups is 2. The zero-order chi connectivity index (χ0) is 33.6. The number of carbonyl (C=O) groups excluding carboxylic acids is 2. The normalized spacial score (nSPS) is 16.5. The van der Waals surface area contributed by atoms with Gasteiger partial charge in [-0.2, -0.15) is 8.78 Å². The third kappa shape index (κ3) is 10.1. The standard InChI is InChI=1S/C37H46F2N2O6/c1-44-32-22-31(23-33(45-2)35(32)46-3)37(38,39)34(42)21-27-14-9-15-30(18-17-27)26-47-36(43)41(25-29-12-5-4-6-13-29)20-8-7-11-28-16-10-19-40-24-28/h4-6,10,12-13,16,19,22-24,27,30H,7-9,11,14-15,17-18,20-21,25-26H2,1-3H3/t27?,30-/m1/s1. The summed E-state index contributed by atoms with van der Waals surface area (Å²) in [5, 5.41) is 0. The summed E-state index contributed by atoms with van der Waals surface area (Å²) in [7, 11) is 4.07. The lowest BCUT2D eigenvalue weighted by molar-refractivity contribution is -0.145. The van der Waals surface area contributed by atoms with Gasteiger partial charge in [0.2, 0.25) is 11.5 Å². The Morgan fingerprint density at radius 1 is 0.872 bits per heavy atom. The first-order valence-corrected chi connectivity index (χ1v) is 16.3. The number of alkyl halides is 2. The Morgan fingerprint density at radius 3 is 2.21 bits per heavy atom. The molecule has 1 fully saturated rings. The summed E-state index contributed by atoms with van der Waals surface area (Å²) >= 11 is 0. The number of ketones is 1. The van der Waals surface area contributed by atoms with Crippen LogP contribution in [0.15, 0.2) is 67.0 Å². The molecule has 254 valence electrons. The number of ether oxygens (including phenoxy) is 4. The Labute approximate surface area is 276 Å². The molecule has 0 aliphatic heterocycles. The highest BCUT2D eigenvalue weighted by Gasteiger charge is 2.42. The van der Waals surface area contributed by atoms with E-state index in [0.29, 0.717) is 32.4 Å². The molecule has 1 aromatic heterocycles. The second-order valence-corrected chi connectivity index (χ2v) is 12.2. The first-order valence-electron chi connectivity index (χ1n) is 16.3. The van der Waals surface area contributed by atoms with Crippen LogP contribution in [0.3, 0.4) is 0 Å². The van der Waals surface area contributed by atoms with E-state index in [1.165, 1.54) is 26.9 Å². The second kappa shape index (κ2) is 17.6. The monoisotopic (exact) mass is 652 g/mol. The highest BCUT2D eigenvalue weighted by molar-refractivity contribution is 5.87. The van der Waals surface area contributed by atoms with E-state index in [1.807, 2.05) is 42.6 Å². The number of methoxy groups -OCH3 is 3. The molecular weight excluding hydrogens is 606 g/mol. The zero-order valence-corrected chi connectivity index (χ0v) is 27.6. The molecule has 8 nitrogen and oxygen atoms in total. The van der Waals surface area contributed by atoms with Gasteiger partial charge in [0.05, 0.1) is 27.9 Å². The van der Waals surface area contributed by atoms with Crippen LogP contribution >= 0.6 is 0 Å². The number of hydrogen-bond acceptors (Lipinski definition) is 7. The average Bonchev–Trinajstić information content (AvgIpc) is 3.33. The molecule has 1 unspecified atom stereocenters. The number of rotatable bonds is 16. The zero-order valence-electron chi connectivity index (χ0n) is 27.6. The van der Waals surface area contributed by atoms with Gasteiger partial charge >= 0.3 is 12.0 Å². The topological polar surface area (TPSA) is 87.2 Å². The van der Waals surface area contributed by atoms with Crippen LogP contribution < -0.4 is 14.2 Å². The Balaban J connectivity index is 1.29. The summed E-state index contributed by atoms with van der Waals surface area (Å²) in [6.07, 6.45) is 9.24. The van der Waals surface area contributed by atoms with E-state index in [-0.39, 0.29) is 48.2 Å². The summed E-state index contributed by atoms with van der Waals surface area (Å²) in [4.78, 5) is 32.2. The Hall–Kier alpha value is -4.21. The number of unbranched alkanes of at least 4 members (excludes halogenated alkanes) is 1. The molecular formula is C37H46F2N2O6. The van der Waals surface area contributed by atoms with Gasteiger partial charge in [0.25, 0.3) is 0 Å². The predicted octanol–water partition coefficient (Wildman–Crippen LogP) is 8.02. The number of pyridine rings is 1. The van der Waals surface area contributed by atoms with E-state index in [1.54, 1.807) is 11.1 Å². The van der Waals surface area contributed by atoms with E-state index in [9.17, 15) is 9.59 Å². The molecule has 1 aliphatic rings. The largest absolute Gasteiger partial charge is 0.493 e. The minimum absolute atomic E-state index is 0.0632. The van der Waals surface area contributed by atoms with Crippen LogP contribution in [0.25, 0.3) is 0 Å². The highest BCUT2D eigenvalue weighted by Crippen LogP contribution is 2.44. The van der Waals surface area contributed by atoms with Crippen molar-refractivity contribution >= 4 is 11.9 Å². The fourth-order valence-electron chi connectivity index (χ4n) is 6.14. The van der Waals surface area contributed by atoms with Crippen LogP contribution in [-0.4, -0.2) is 56.2 Å². The van der Waals surface area contributed by atoms with Crippen LogP contribution in [0.4, 0.5) is 13.6 Å². The molecule has 1 heterocycles. The Kier molecular flexibility index (Phi) is 13.4. The number of benzene rings is 2. The lowest BCUT2D eigenvalue weighted by Crippen LogP contribution is -2.33. The van der Waals surface area contributed by atoms with Crippen molar-refractivity contribution in [3.63, 3.8) is 0 Å². The van der Waals surface area contributed by atoms with Crippen LogP contribution in [-0.2, 0) is 28.4 Å². The smallest absolute Gasteiger partial charge is 0.410 e. The van der Waals surface area contributed by atoms with Gasteiger partial charge in [0.15, 0.2) is 11.5 Å². The van der Waals surface area contributed by atoms with Gasteiger partial charge in [-0.05, 0) is 79.7 Å². The summed E-state index contributed by atoms with van der Waals surface area (Å²) in [5.41, 5.74) is 1.71. The maximum atomic E-state index is 15.4. The van der Waals surface area contributed by atoms with Gasteiger partial charge in [0, 0.05) is 37.5 Å². The number of Topliss-reactive ketones (excluding diaryl/α,β-unsaturated/α-hetero) is 1. The van der Waals surface area contributed by atoms with Gasteiger partial charge < -0.3 is 23.8 Å². The summed E-state index contributed by atoms with van der Waals surface area (Å²) < 4.78 is 52.3. The van der Waals surface area contributed by atoms with E-state index in [2.05, 4.69) is 11.1 Å². The van der Waals surface area contributed by atoms with E-state index in [4.69, 9.17) is 18.9 Å². The van der Waals surface area contributed by atoms with Crippen molar-refractivity contribution in [1.82, 2.24) is 9.88 Å². The third-order valence-electron chi connectivity index (χ3n) is 8.84. The van der Waals surface area contributed by atoms with Gasteiger partial charge in [0.1, 0.15) is 0 Å². The van der Waals surface area contributed by atoms with Crippen molar-refractivity contribution in [3.05, 3.63) is 83.7 Å². The van der Waals surface area contributed by atoms with Crippen molar-refractivity contribution in [2.24, 2.45) is 11.8 Å². The quantitative estimate of drug-likeness (QED) is 0.114. The fourth-order valence-corrected chi connectivity index (χ4v) is 6.14. The molecule has 0 radical (unpaired) electrons. The Morgan fingerprint density at radius 2 is 1.55 bits per heavy atom. The average molecular weight is 653 g/mol. The number of amides is 1. The van der Waals surface area contributed by atoms with Crippen LogP contribution in [0.2, 0.25) is 0 Å². The van der Waals surface area contributed by atoms with Crippen LogP contribution in [0, 0.1) is 11.8 Å². The van der Waals surface area contributed by atoms with Crippen LogP contribution in [0.5, 0.6) is 17.2 Å². The molecule has 1 aliphatic carbocycles. The Bertz CT molecular complexity index is 1400. The number of aromatic nitrogens is 1. The first kappa shape index (κ1) is 35.6. The minimum Gasteiger partial charge on any atom is -0.493 e. The SMILES string of the molecule is COc1cc(C(F)(F)C(=O)CC2CCC[C@@H](COC(=O)N(CCCCc3cccnc3)Cc3ccccc3)CC2)cc(OC)c1OC. The number of aryl methyl sites for hydroxylation is 1. The van der Waals surface area contributed by atoms with Gasteiger partial charge in [-0.1, -0.05) is 49.2 Å². The summed E-state index contributed by atoms with van der Waals surface area (Å²) in [6.45, 7) is 1.30. The maximum absolute atomic E-state index is 15.4. The highest BCUT2D eigenvalue weighted by atomic mass is 19.3. The van der Waals surface area contributed by atoms with Gasteiger partial charge in [-0.15, -0.1) is 0 Å². The van der Waals surface area contributed by atoms with Gasteiger partial charge in [-0.25, -0.2) is 4.79 Å². The molecule has 47 heavy (non-hydrogen) atoms. The third-order valence-corrected chi connectivity index (χ3v) is 8.84.